The fourth-order valence-electron chi connectivity index (χ4n) is 3.27. The van der Waals surface area contributed by atoms with Crippen LogP contribution in [0.1, 0.15) is 69.4 Å². The molecule has 0 N–H and O–H groups in total. The van der Waals surface area contributed by atoms with Crippen molar-refractivity contribution in [3.63, 3.8) is 0 Å². The molecule has 0 radical (unpaired) electrons. The lowest BCUT2D eigenvalue weighted by Gasteiger charge is -2.28. The van der Waals surface area contributed by atoms with E-state index in [9.17, 15) is 0 Å². The van der Waals surface area contributed by atoms with Crippen LogP contribution in [0.4, 0.5) is 0 Å². The zero-order chi connectivity index (χ0) is 14.2. The van der Waals surface area contributed by atoms with Crippen LogP contribution in [0.3, 0.4) is 0 Å². The van der Waals surface area contributed by atoms with Crippen LogP contribution in [0.2, 0.25) is 0 Å². The van der Waals surface area contributed by atoms with Gasteiger partial charge in [0.1, 0.15) is 0 Å². The first-order valence-electron chi connectivity index (χ1n) is 7.97. The van der Waals surface area contributed by atoms with Crippen molar-refractivity contribution in [1.82, 2.24) is 0 Å². The third-order valence-electron chi connectivity index (χ3n) is 4.48. The summed E-state index contributed by atoms with van der Waals surface area (Å²) >= 11 is 0. The Hall–Kier alpha value is -1.48. The number of benzene rings is 1. The maximum atomic E-state index is 3.12. The van der Waals surface area contributed by atoms with Crippen LogP contribution in [0.15, 0.2) is 36.4 Å². The zero-order valence-corrected chi connectivity index (χ0v) is 12.9. The Balaban J connectivity index is 1.85. The highest BCUT2D eigenvalue weighted by molar-refractivity contribution is 5.36. The summed E-state index contributed by atoms with van der Waals surface area (Å²) in [5.74, 6) is 7.80. The lowest BCUT2D eigenvalue weighted by atomic mass is 9.77. The molecule has 2 rings (SSSR count). The first kappa shape index (κ1) is 14.9. The highest BCUT2D eigenvalue weighted by Gasteiger charge is 2.21. The van der Waals surface area contributed by atoms with Crippen LogP contribution in [-0.2, 0) is 0 Å². The fourth-order valence-corrected chi connectivity index (χ4v) is 3.27. The van der Waals surface area contributed by atoms with Crippen LogP contribution in [-0.4, -0.2) is 0 Å². The van der Waals surface area contributed by atoms with Gasteiger partial charge >= 0.3 is 0 Å². The Morgan fingerprint density at radius 2 is 1.80 bits per heavy atom. The topological polar surface area (TPSA) is 0 Å². The number of hydrogen-bond donors (Lipinski definition) is 0. The summed E-state index contributed by atoms with van der Waals surface area (Å²) in [6.07, 6.45) is 12.6. The van der Waals surface area contributed by atoms with Crippen molar-refractivity contribution >= 4 is 0 Å². The molecule has 1 aromatic carbocycles. The van der Waals surface area contributed by atoms with Gasteiger partial charge in [-0.25, -0.2) is 0 Å². The van der Waals surface area contributed by atoms with E-state index in [4.69, 9.17) is 0 Å². The lowest BCUT2D eigenvalue weighted by Crippen LogP contribution is -2.13. The quantitative estimate of drug-likeness (QED) is 0.485. The van der Waals surface area contributed by atoms with E-state index < -0.39 is 0 Å². The average Bonchev–Trinajstić information content (AvgIpc) is 2.49. The van der Waals surface area contributed by atoms with Crippen molar-refractivity contribution in [3.05, 3.63) is 47.5 Å². The predicted molar refractivity (Wildman–Crippen MR) is 87.7 cm³/mol. The summed E-state index contributed by atoms with van der Waals surface area (Å²) in [6, 6.07) is 8.91. The van der Waals surface area contributed by atoms with Gasteiger partial charge in [0, 0.05) is 5.56 Å². The minimum absolute atomic E-state index is 0.775. The first-order chi connectivity index (χ1) is 9.83. The van der Waals surface area contributed by atoms with Crippen molar-refractivity contribution in [3.8, 4) is 11.8 Å². The van der Waals surface area contributed by atoms with E-state index in [1.54, 1.807) is 0 Å². The second kappa shape index (κ2) is 7.95. The molecule has 0 bridgehead atoms. The largest absolute Gasteiger partial charge is 0.101 e. The van der Waals surface area contributed by atoms with Gasteiger partial charge in [0.25, 0.3) is 0 Å². The third-order valence-corrected chi connectivity index (χ3v) is 4.48. The van der Waals surface area contributed by atoms with E-state index in [0.29, 0.717) is 0 Å². The highest BCUT2D eigenvalue weighted by Crippen LogP contribution is 2.37. The Morgan fingerprint density at radius 1 is 1.10 bits per heavy atom. The van der Waals surface area contributed by atoms with Gasteiger partial charge in [-0.05, 0) is 81.9 Å². The molecule has 0 nitrogen and oxygen atoms in total. The van der Waals surface area contributed by atoms with E-state index in [-0.39, 0.29) is 0 Å². The molecular weight excluding hydrogens is 240 g/mol. The monoisotopic (exact) mass is 266 g/mol. The van der Waals surface area contributed by atoms with Crippen LogP contribution < -0.4 is 0 Å². The summed E-state index contributed by atoms with van der Waals surface area (Å²) in [4.78, 5) is 0. The SMILES string of the molecule is CC#Cc1ccc(C2CCC(CC/C=C/C)CC2)cc1. The summed E-state index contributed by atoms with van der Waals surface area (Å²) in [6.45, 7) is 4.01. The smallest absolute Gasteiger partial charge is 0.0245 e. The molecule has 0 spiro atoms. The molecule has 0 aliphatic heterocycles. The molecule has 1 fully saturated rings. The molecule has 1 aromatic rings. The summed E-state index contributed by atoms with van der Waals surface area (Å²) in [5, 5.41) is 0. The van der Waals surface area contributed by atoms with Crippen LogP contribution >= 0.6 is 0 Å². The Kier molecular flexibility index (Phi) is 5.93. The minimum Gasteiger partial charge on any atom is -0.101 e. The van der Waals surface area contributed by atoms with Gasteiger partial charge < -0.3 is 0 Å². The lowest BCUT2D eigenvalue weighted by molar-refractivity contribution is 0.312. The van der Waals surface area contributed by atoms with Gasteiger partial charge in [-0.1, -0.05) is 30.2 Å². The Morgan fingerprint density at radius 3 is 2.40 bits per heavy atom. The summed E-state index contributed by atoms with van der Waals surface area (Å²) < 4.78 is 0. The highest BCUT2D eigenvalue weighted by atomic mass is 14.3. The molecule has 0 saturated heterocycles. The Labute approximate surface area is 124 Å². The second-order valence-electron chi connectivity index (χ2n) is 5.86. The van der Waals surface area contributed by atoms with E-state index in [1.165, 1.54) is 44.1 Å². The molecule has 0 aromatic heterocycles. The molecule has 0 amide bonds. The van der Waals surface area contributed by atoms with Crippen molar-refractivity contribution in [2.24, 2.45) is 5.92 Å². The van der Waals surface area contributed by atoms with Crippen molar-refractivity contribution in [2.45, 2.75) is 58.3 Å². The average molecular weight is 266 g/mol. The molecule has 0 heterocycles. The van der Waals surface area contributed by atoms with Crippen molar-refractivity contribution < 1.29 is 0 Å². The molecule has 1 saturated carbocycles. The molecule has 106 valence electrons. The standard InChI is InChI=1S/C20H26/c1-3-5-6-8-18-11-15-20(16-12-18)19-13-9-17(7-4-2)10-14-19/h3,5,9-10,13-14,18,20H,6,8,11-12,15-16H2,1-2H3/b5-3+. The van der Waals surface area contributed by atoms with Gasteiger partial charge in [-0.2, -0.15) is 0 Å². The fraction of sp³-hybridized carbons (Fsp3) is 0.500. The minimum atomic E-state index is 0.775. The van der Waals surface area contributed by atoms with Crippen molar-refractivity contribution in [2.75, 3.05) is 0 Å². The number of rotatable bonds is 4. The first-order valence-corrected chi connectivity index (χ1v) is 7.97. The Bertz CT molecular complexity index is 473. The third kappa shape index (κ3) is 4.27. The van der Waals surface area contributed by atoms with Gasteiger partial charge in [0.15, 0.2) is 0 Å². The van der Waals surface area contributed by atoms with E-state index in [1.807, 2.05) is 6.92 Å². The molecule has 0 heteroatoms. The zero-order valence-electron chi connectivity index (χ0n) is 12.9. The van der Waals surface area contributed by atoms with E-state index in [0.717, 1.165) is 17.4 Å². The normalized spacial score (nSPS) is 22.5. The van der Waals surface area contributed by atoms with Crippen molar-refractivity contribution in [1.29, 1.82) is 0 Å². The molecule has 1 aliphatic carbocycles. The van der Waals surface area contributed by atoms with Gasteiger partial charge in [-0.15, -0.1) is 5.92 Å². The van der Waals surface area contributed by atoms with Gasteiger partial charge in [-0.3, -0.25) is 0 Å². The molecular formula is C20H26. The predicted octanol–water partition coefficient (Wildman–Crippen LogP) is 5.69. The van der Waals surface area contributed by atoms with Crippen LogP contribution in [0, 0.1) is 17.8 Å². The summed E-state index contributed by atoms with van der Waals surface area (Å²) in [5.41, 5.74) is 2.65. The number of hydrogen-bond acceptors (Lipinski definition) is 0. The molecule has 1 aliphatic rings. The maximum absolute atomic E-state index is 3.12. The molecule has 20 heavy (non-hydrogen) atoms. The van der Waals surface area contributed by atoms with E-state index >= 15 is 0 Å². The molecule has 0 atom stereocenters. The number of allylic oxidation sites excluding steroid dienone is 2. The van der Waals surface area contributed by atoms with Gasteiger partial charge in [0.2, 0.25) is 0 Å². The summed E-state index contributed by atoms with van der Waals surface area (Å²) in [7, 11) is 0. The molecule has 0 unspecified atom stereocenters. The second-order valence-corrected chi connectivity index (χ2v) is 5.86. The van der Waals surface area contributed by atoms with Crippen LogP contribution in [0.25, 0.3) is 0 Å². The van der Waals surface area contributed by atoms with Gasteiger partial charge in [0.05, 0.1) is 0 Å². The van der Waals surface area contributed by atoms with Crippen LogP contribution in [0.5, 0.6) is 0 Å². The maximum Gasteiger partial charge on any atom is 0.0245 e. The van der Waals surface area contributed by atoms with E-state index in [2.05, 4.69) is 55.2 Å².